The van der Waals surface area contributed by atoms with Gasteiger partial charge in [-0.15, -0.1) is 11.3 Å². The van der Waals surface area contributed by atoms with Crippen LogP contribution in [-0.4, -0.2) is 70.1 Å². The van der Waals surface area contributed by atoms with Crippen LogP contribution in [0.5, 0.6) is 0 Å². The summed E-state index contributed by atoms with van der Waals surface area (Å²) in [6, 6.07) is 20.0. The zero-order chi connectivity index (χ0) is 43.7. The standard InChI is InChI=1S/C50H55ClF3NO6S/c1-45-18-14-34(56)26-47(45)21-22-49(38(27-47)44(58)41-13-12-40(61-41)37-25-33(50(52,53)54)10-11-39(37)51)42(45)15-19-46(2)43(49)16-20-48(46,59)31-55(23-17-36-9-6-24-62-36)28-35(57)30-60-29-32-7-4-3-5-8-32/h3-13,21-22,24-25,27,34-35,42-43,56-57,59H,14-20,23,26,28-31H2,1-2H3. The molecule has 10 rings (SSSR count). The number of allylic oxidation sites excluding steroid dienone is 4. The number of rotatable bonds is 14. The third-order valence-electron chi connectivity index (χ3n) is 16.0. The molecule has 62 heavy (non-hydrogen) atoms. The summed E-state index contributed by atoms with van der Waals surface area (Å²) in [6.07, 6.45) is 6.02. The largest absolute Gasteiger partial charge is 0.453 e. The normalized spacial score (nSPS) is 32.9. The minimum Gasteiger partial charge on any atom is -0.453 e. The Kier molecular flexibility index (Phi) is 11.4. The van der Waals surface area contributed by atoms with Gasteiger partial charge in [0, 0.05) is 51.9 Å². The van der Waals surface area contributed by atoms with Crippen molar-refractivity contribution in [3.63, 3.8) is 0 Å². The van der Waals surface area contributed by atoms with E-state index in [4.69, 9.17) is 20.8 Å². The Morgan fingerprint density at radius 3 is 2.50 bits per heavy atom. The second-order valence-corrected chi connectivity index (χ2v) is 20.7. The van der Waals surface area contributed by atoms with Gasteiger partial charge < -0.3 is 24.5 Å². The van der Waals surface area contributed by atoms with Crippen molar-refractivity contribution < 1.29 is 42.4 Å². The van der Waals surface area contributed by atoms with E-state index in [-0.39, 0.29) is 51.7 Å². The quantitative estimate of drug-likeness (QED) is 0.0856. The van der Waals surface area contributed by atoms with E-state index in [0.29, 0.717) is 57.5 Å². The maximum Gasteiger partial charge on any atom is 0.416 e. The first kappa shape index (κ1) is 43.7. The highest BCUT2D eigenvalue weighted by Gasteiger charge is 2.74. The number of fused-ring (bicyclic) bond motifs is 1. The minimum absolute atomic E-state index is 0.00650. The molecule has 2 heterocycles. The van der Waals surface area contributed by atoms with E-state index in [9.17, 15) is 28.5 Å². The second-order valence-electron chi connectivity index (χ2n) is 19.2. The highest BCUT2D eigenvalue weighted by Crippen LogP contribution is 2.78. The van der Waals surface area contributed by atoms with Gasteiger partial charge in [-0.05, 0) is 116 Å². The van der Waals surface area contributed by atoms with Crippen molar-refractivity contribution in [1.29, 1.82) is 0 Å². The lowest BCUT2D eigenvalue weighted by atomic mass is 9.32. The number of benzene rings is 2. The molecular weight excluding hydrogens is 835 g/mol. The van der Waals surface area contributed by atoms with Crippen LogP contribution < -0.4 is 0 Å². The van der Waals surface area contributed by atoms with E-state index in [0.717, 1.165) is 43.4 Å². The van der Waals surface area contributed by atoms with Crippen LogP contribution in [0.15, 0.2) is 106 Å². The lowest BCUT2D eigenvalue weighted by molar-refractivity contribution is -0.177. The van der Waals surface area contributed by atoms with E-state index in [2.05, 4.69) is 48.4 Å². The third-order valence-corrected chi connectivity index (χ3v) is 17.2. The Labute approximate surface area is 370 Å². The van der Waals surface area contributed by atoms with E-state index >= 15 is 4.79 Å². The minimum atomic E-state index is -4.59. The van der Waals surface area contributed by atoms with Crippen LogP contribution in [0, 0.1) is 33.5 Å². The number of carbonyl (C=O) groups is 1. The lowest BCUT2D eigenvalue weighted by Gasteiger charge is -2.71. The SMILES string of the molecule is CC12CCC(O)CC13C=CC1(C(C(=O)c4ccc(-c5cc(C(F)(F)F)ccc5Cl)o4)=C3)C2CCC2(C)C1CCC2(O)CN(CCc1cccs1)CC(O)COCc1ccccc1. The third kappa shape index (κ3) is 7.28. The number of ketones is 1. The highest BCUT2D eigenvalue weighted by atomic mass is 35.5. The number of aliphatic hydroxyl groups is 3. The van der Waals surface area contributed by atoms with Gasteiger partial charge in [-0.25, -0.2) is 0 Å². The number of ether oxygens (including phenoxy) is 1. The fourth-order valence-corrected chi connectivity index (χ4v) is 13.7. The molecule has 2 aromatic carbocycles. The van der Waals surface area contributed by atoms with Gasteiger partial charge in [-0.3, -0.25) is 9.69 Å². The van der Waals surface area contributed by atoms with Crippen LogP contribution in [0.2, 0.25) is 5.02 Å². The Morgan fingerprint density at radius 2 is 1.74 bits per heavy atom. The number of thiophene rings is 1. The van der Waals surface area contributed by atoms with Crippen LogP contribution in [0.25, 0.3) is 11.3 Å². The van der Waals surface area contributed by atoms with Crippen LogP contribution in [-0.2, 0) is 23.9 Å². The molecule has 4 aromatic rings. The van der Waals surface area contributed by atoms with E-state index in [1.807, 2.05) is 36.4 Å². The second kappa shape index (κ2) is 16.2. The maximum atomic E-state index is 15.2. The number of aliphatic hydroxyl groups excluding tert-OH is 2. The molecule has 9 unspecified atom stereocenters. The lowest BCUT2D eigenvalue weighted by Crippen LogP contribution is -2.67. The number of alkyl halides is 3. The van der Waals surface area contributed by atoms with Crippen LogP contribution in [0.3, 0.4) is 0 Å². The highest BCUT2D eigenvalue weighted by molar-refractivity contribution is 7.09. The zero-order valence-corrected chi connectivity index (χ0v) is 36.7. The molecule has 6 aliphatic rings. The summed E-state index contributed by atoms with van der Waals surface area (Å²) >= 11 is 8.11. The predicted molar refractivity (Wildman–Crippen MR) is 234 cm³/mol. The first-order valence-corrected chi connectivity index (χ1v) is 23.2. The van der Waals surface area contributed by atoms with Gasteiger partial charge in [-0.2, -0.15) is 13.2 Å². The van der Waals surface area contributed by atoms with Crippen molar-refractivity contribution in [2.45, 2.75) is 95.8 Å². The summed E-state index contributed by atoms with van der Waals surface area (Å²) in [5, 5.41) is 37.8. The average Bonchev–Trinajstić information content (AvgIpc) is 4.00. The molecule has 2 bridgehead atoms. The molecule has 0 aliphatic heterocycles. The van der Waals surface area contributed by atoms with Gasteiger partial charge in [-0.1, -0.05) is 80.1 Å². The van der Waals surface area contributed by atoms with Crippen LogP contribution in [0.1, 0.15) is 85.4 Å². The molecule has 9 atom stereocenters. The number of hydrogen-bond donors (Lipinski definition) is 3. The summed E-state index contributed by atoms with van der Waals surface area (Å²) in [6.45, 7) is 6.34. The van der Waals surface area contributed by atoms with Crippen molar-refractivity contribution in [2.24, 2.45) is 33.5 Å². The molecule has 0 amide bonds. The van der Waals surface area contributed by atoms with Gasteiger partial charge in [0.1, 0.15) is 5.76 Å². The Hall–Kier alpha value is -3.55. The van der Waals surface area contributed by atoms with E-state index in [1.54, 1.807) is 11.3 Å². The van der Waals surface area contributed by atoms with Crippen molar-refractivity contribution in [2.75, 3.05) is 26.2 Å². The Bertz CT molecular complexity index is 2350. The first-order chi connectivity index (χ1) is 29.5. The summed E-state index contributed by atoms with van der Waals surface area (Å²) in [7, 11) is 0. The van der Waals surface area contributed by atoms with E-state index in [1.165, 1.54) is 23.1 Å². The van der Waals surface area contributed by atoms with Crippen molar-refractivity contribution in [3.8, 4) is 11.3 Å². The molecule has 3 N–H and O–H groups in total. The number of halogens is 4. The number of Topliss-reactive ketones (excluding diaryl/α,β-unsaturated/α-hetero) is 1. The van der Waals surface area contributed by atoms with Crippen molar-refractivity contribution in [3.05, 3.63) is 129 Å². The number of hydrogen-bond acceptors (Lipinski definition) is 8. The van der Waals surface area contributed by atoms with Gasteiger partial charge in [0.05, 0.1) is 41.6 Å². The summed E-state index contributed by atoms with van der Waals surface area (Å²) in [4.78, 5) is 18.6. The molecule has 7 nitrogen and oxygen atoms in total. The summed E-state index contributed by atoms with van der Waals surface area (Å²) < 4.78 is 53.4. The fraction of sp³-hybridized carbons (Fsp3) is 0.500. The van der Waals surface area contributed by atoms with Gasteiger partial charge in [0.15, 0.2) is 5.76 Å². The number of nitrogens with zero attached hydrogens (tertiary/aromatic N) is 1. The maximum absolute atomic E-state index is 15.2. The van der Waals surface area contributed by atoms with E-state index < -0.39 is 45.8 Å². The monoisotopic (exact) mass is 889 g/mol. The van der Waals surface area contributed by atoms with Gasteiger partial charge >= 0.3 is 6.18 Å². The summed E-state index contributed by atoms with van der Waals surface area (Å²) in [5.74, 6) is -0.385. The van der Waals surface area contributed by atoms with Crippen LogP contribution in [0.4, 0.5) is 13.2 Å². The molecular formula is C50H55ClF3NO6S. The van der Waals surface area contributed by atoms with Crippen molar-refractivity contribution >= 4 is 28.7 Å². The molecule has 2 aromatic heterocycles. The molecule has 2 spiro atoms. The number of carbonyl (C=O) groups excluding carboxylic acids is 1. The Balaban J connectivity index is 1.04. The molecule has 3 fully saturated rings. The Morgan fingerprint density at radius 1 is 0.984 bits per heavy atom. The zero-order valence-electron chi connectivity index (χ0n) is 35.2. The van der Waals surface area contributed by atoms with Gasteiger partial charge in [0.2, 0.25) is 5.78 Å². The molecule has 6 aliphatic carbocycles. The molecule has 3 saturated carbocycles. The fourth-order valence-electron chi connectivity index (χ4n) is 12.8. The summed E-state index contributed by atoms with van der Waals surface area (Å²) in [5.41, 5.74) is -2.64. The molecule has 12 heteroatoms. The topological polar surface area (TPSA) is 103 Å². The smallest absolute Gasteiger partial charge is 0.416 e. The average molecular weight is 891 g/mol. The molecule has 0 saturated heterocycles. The predicted octanol–water partition coefficient (Wildman–Crippen LogP) is 10.6. The van der Waals surface area contributed by atoms with Crippen LogP contribution >= 0.6 is 22.9 Å². The van der Waals surface area contributed by atoms with Gasteiger partial charge in [0.25, 0.3) is 0 Å². The number of furan rings is 1. The first-order valence-electron chi connectivity index (χ1n) is 21.9. The molecule has 330 valence electrons. The molecule has 0 radical (unpaired) electrons. The van der Waals surface area contributed by atoms with Crippen molar-refractivity contribution in [1.82, 2.24) is 4.90 Å².